The normalized spacial score (nSPS) is 25.7. The molecule has 0 saturated carbocycles. The van der Waals surface area contributed by atoms with E-state index in [0.29, 0.717) is 0 Å². The van der Waals surface area contributed by atoms with Crippen LogP contribution in [0.4, 0.5) is 5.69 Å². The summed E-state index contributed by atoms with van der Waals surface area (Å²) in [5.74, 6) is 0. The molecule has 1 aliphatic rings. The zero-order valence-electron chi connectivity index (χ0n) is 11.3. The summed E-state index contributed by atoms with van der Waals surface area (Å²) in [4.78, 5) is 2.54. The van der Waals surface area contributed by atoms with Gasteiger partial charge in [-0.3, -0.25) is 0 Å². The maximum Gasteiger partial charge on any atom is 0.0396 e. The average molecular weight is 232 g/mol. The highest BCUT2D eigenvalue weighted by Gasteiger charge is 2.27. The number of benzene rings is 1. The van der Waals surface area contributed by atoms with Crippen molar-refractivity contribution < 1.29 is 0 Å². The zero-order valence-corrected chi connectivity index (χ0v) is 11.3. The highest BCUT2D eigenvalue weighted by Crippen LogP contribution is 2.24. The second-order valence-corrected chi connectivity index (χ2v) is 5.40. The lowest BCUT2D eigenvalue weighted by atomic mass is 9.98. The minimum atomic E-state index is 0.249. The van der Waals surface area contributed by atoms with Gasteiger partial charge in [0.05, 0.1) is 0 Å². The molecule has 1 unspecified atom stereocenters. The SMILES string of the molecule is CCC1(C)CN(c2ccccc2C)CCCN1. The molecule has 1 N–H and O–H groups in total. The number of nitrogens with one attached hydrogen (secondary N) is 1. The summed E-state index contributed by atoms with van der Waals surface area (Å²) in [5, 5.41) is 3.69. The van der Waals surface area contributed by atoms with Crippen molar-refractivity contribution in [2.45, 2.75) is 39.2 Å². The van der Waals surface area contributed by atoms with E-state index in [1.165, 1.54) is 24.1 Å². The van der Waals surface area contributed by atoms with Crippen LogP contribution >= 0.6 is 0 Å². The van der Waals surface area contributed by atoms with Crippen LogP contribution in [0.25, 0.3) is 0 Å². The molecule has 94 valence electrons. The van der Waals surface area contributed by atoms with Crippen molar-refractivity contribution in [3.63, 3.8) is 0 Å². The summed E-state index contributed by atoms with van der Waals surface area (Å²) >= 11 is 0. The van der Waals surface area contributed by atoms with Gasteiger partial charge in [-0.05, 0) is 44.9 Å². The van der Waals surface area contributed by atoms with Crippen molar-refractivity contribution in [3.05, 3.63) is 29.8 Å². The molecule has 2 heteroatoms. The minimum Gasteiger partial charge on any atom is -0.369 e. The van der Waals surface area contributed by atoms with Gasteiger partial charge in [-0.1, -0.05) is 25.1 Å². The third kappa shape index (κ3) is 2.81. The van der Waals surface area contributed by atoms with Crippen molar-refractivity contribution in [2.24, 2.45) is 0 Å². The van der Waals surface area contributed by atoms with Gasteiger partial charge in [0.2, 0.25) is 0 Å². The molecule has 1 saturated heterocycles. The number of para-hydroxylation sites is 1. The largest absolute Gasteiger partial charge is 0.369 e. The van der Waals surface area contributed by atoms with E-state index < -0.39 is 0 Å². The predicted octanol–water partition coefficient (Wildman–Crippen LogP) is 2.96. The molecule has 0 aromatic heterocycles. The molecule has 17 heavy (non-hydrogen) atoms. The van der Waals surface area contributed by atoms with Gasteiger partial charge in [0, 0.05) is 24.3 Å². The Hall–Kier alpha value is -1.02. The summed E-state index contributed by atoms with van der Waals surface area (Å²) in [6, 6.07) is 8.71. The Morgan fingerprint density at radius 3 is 2.82 bits per heavy atom. The number of rotatable bonds is 2. The van der Waals surface area contributed by atoms with E-state index in [2.05, 4.69) is 55.3 Å². The molecule has 1 aromatic rings. The van der Waals surface area contributed by atoms with Crippen LogP contribution in [0.15, 0.2) is 24.3 Å². The molecule has 2 rings (SSSR count). The maximum absolute atomic E-state index is 3.69. The highest BCUT2D eigenvalue weighted by atomic mass is 15.2. The van der Waals surface area contributed by atoms with Gasteiger partial charge in [-0.2, -0.15) is 0 Å². The second kappa shape index (κ2) is 5.09. The van der Waals surface area contributed by atoms with Crippen molar-refractivity contribution in [2.75, 3.05) is 24.5 Å². The van der Waals surface area contributed by atoms with E-state index in [1.807, 2.05) is 0 Å². The third-order valence-electron chi connectivity index (χ3n) is 3.93. The Bertz CT molecular complexity index is 375. The van der Waals surface area contributed by atoms with Gasteiger partial charge in [-0.15, -0.1) is 0 Å². The summed E-state index contributed by atoms with van der Waals surface area (Å²) in [7, 11) is 0. The van der Waals surface area contributed by atoms with Crippen LogP contribution in [0.1, 0.15) is 32.3 Å². The van der Waals surface area contributed by atoms with Crippen LogP contribution in [-0.2, 0) is 0 Å². The summed E-state index contributed by atoms with van der Waals surface area (Å²) in [6.45, 7) is 10.2. The van der Waals surface area contributed by atoms with Crippen molar-refractivity contribution in [1.82, 2.24) is 5.32 Å². The lowest BCUT2D eigenvalue weighted by Gasteiger charge is -2.34. The van der Waals surface area contributed by atoms with Crippen molar-refractivity contribution >= 4 is 5.69 Å². The Labute approximate surface area is 105 Å². The Morgan fingerprint density at radius 1 is 1.35 bits per heavy atom. The van der Waals surface area contributed by atoms with Gasteiger partial charge >= 0.3 is 0 Å². The minimum absolute atomic E-state index is 0.249. The number of aryl methyl sites for hydroxylation is 1. The first-order valence-electron chi connectivity index (χ1n) is 6.70. The van der Waals surface area contributed by atoms with Crippen molar-refractivity contribution in [1.29, 1.82) is 0 Å². The molecule has 1 fully saturated rings. The Balaban J connectivity index is 2.23. The summed E-state index contributed by atoms with van der Waals surface area (Å²) in [6.07, 6.45) is 2.40. The topological polar surface area (TPSA) is 15.3 Å². The van der Waals surface area contributed by atoms with Gasteiger partial charge in [0.1, 0.15) is 0 Å². The molecule has 0 radical (unpaired) electrons. The first-order valence-corrected chi connectivity index (χ1v) is 6.70. The lowest BCUT2D eigenvalue weighted by molar-refractivity contribution is 0.366. The average Bonchev–Trinajstić information content (AvgIpc) is 2.53. The quantitative estimate of drug-likeness (QED) is 0.843. The van der Waals surface area contributed by atoms with Gasteiger partial charge < -0.3 is 10.2 Å². The highest BCUT2D eigenvalue weighted by molar-refractivity contribution is 5.53. The number of anilines is 1. The zero-order chi connectivity index (χ0) is 12.3. The van der Waals surface area contributed by atoms with Crippen LogP contribution in [-0.4, -0.2) is 25.2 Å². The molecule has 0 spiro atoms. The fourth-order valence-corrected chi connectivity index (χ4v) is 2.58. The molecular weight excluding hydrogens is 208 g/mol. The van der Waals surface area contributed by atoms with Gasteiger partial charge in [0.15, 0.2) is 0 Å². The van der Waals surface area contributed by atoms with E-state index in [-0.39, 0.29) is 5.54 Å². The Kier molecular flexibility index (Phi) is 3.72. The first kappa shape index (κ1) is 12.4. The number of hydrogen-bond donors (Lipinski definition) is 1. The third-order valence-corrected chi connectivity index (χ3v) is 3.93. The van der Waals surface area contributed by atoms with E-state index in [4.69, 9.17) is 0 Å². The number of hydrogen-bond acceptors (Lipinski definition) is 2. The van der Waals surface area contributed by atoms with E-state index in [9.17, 15) is 0 Å². The maximum atomic E-state index is 3.69. The van der Waals surface area contributed by atoms with Crippen LogP contribution in [0, 0.1) is 6.92 Å². The van der Waals surface area contributed by atoms with E-state index >= 15 is 0 Å². The number of nitrogens with zero attached hydrogens (tertiary/aromatic N) is 1. The first-order chi connectivity index (χ1) is 8.14. The molecule has 1 aliphatic heterocycles. The molecule has 1 aromatic carbocycles. The molecule has 1 atom stereocenters. The predicted molar refractivity (Wildman–Crippen MR) is 74.7 cm³/mol. The van der Waals surface area contributed by atoms with Crippen LogP contribution in [0.2, 0.25) is 0 Å². The second-order valence-electron chi connectivity index (χ2n) is 5.40. The molecule has 2 nitrogen and oxygen atoms in total. The van der Waals surface area contributed by atoms with Crippen LogP contribution in [0.3, 0.4) is 0 Å². The standard InChI is InChI=1S/C15H24N2/c1-4-15(3)12-17(11-7-10-16-15)14-9-6-5-8-13(14)2/h5-6,8-9,16H,4,7,10-12H2,1-3H3. The van der Waals surface area contributed by atoms with Gasteiger partial charge in [-0.25, -0.2) is 0 Å². The summed E-state index contributed by atoms with van der Waals surface area (Å²) < 4.78 is 0. The fraction of sp³-hybridized carbons (Fsp3) is 0.600. The van der Waals surface area contributed by atoms with E-state index in [1.54, 1.807) is 0 Å². The molecule has 0 aliphatic carbocycles. The molecule has 0 bridgehead atoms. The van der Waals surface area contributed by atoms with Crippen LogP contribution in [0.5, 0.6) is 0 Å². The fourth-order valence-electron chi connectivity index (χ4n) is 2.58. The summed E-state index contributed by atoms with van der Waals surface area (Å²) in [5.41, 5.74) is 3.03. The Morgan fingerprint density at radius 2 is 2.12 bits per heavy atom. The van der Waals surface area contributed by atoms with E-state index in [0.717, 1.165) is 19.6 Å². The lowest BCUT2D eigenvalue weighted by Crippen LogP contribution is -2.48. The monoisotopic (exact) mass is 232 g/mol. The molecular formula is C15H24N2. The van der Waals surface area contributed by atoms with Crippen molar-refractivity contribution in [3.8, 4) is 0 Å². The van der Waals surface area contributed by atoms with Gasteiger partial charge in [0.25, 0.3) is 0 Å². The molecule has 1 heterocycles. The smallest absolute Gasteiger partial charge is 0.0396 e. The molecule has 0 amide bonds. The van der Waals surface area contributed by atoms with Crippen LogP contribution < -0.4 is 10.2 Å².